The fraction of sp³-hybridized carbons (Fsp3) is 0.371. The van der Waals surface area contributed by atoms with Gasteiger partial charge in [-0.25, -0.2) is 0 Å². The summed E-state index contributed by atoms with van der Waals surface area (Å²) in [5, 5.41) is 0. The van der Waals surface area contributed by atoms with Crippen molar-refractivity contribution in [3.8, 4) is 29.1 Å². The minimum atomic E-state index is -0.286. The van der Waals surface area contributed by atoms with Crippen molar-refractivity contribution >= 4 is 11.1 Å². The maximum Gasteiger partial charge on any atom is 0.199 e. The Labute approximate surface area is 237 Å². The number of hydrogen-bond acceptors (Lipinski definition) is 5. The highest BCUT2D eigenvalue weighted by molar-refractivity contribution is 5.96. The maximum absolute atomic E-state index is 6.74. The molecule has 3 aromatic rings. The second-order valence-electron chi connectivity index (χ2n) is 10.5. The molecule has 5 nitrogen and oxygen atoms in total. The summed E-state index contributed by atoms with van der Waals surface area (Å²) in [7, 11) is 0. The zero-order valence-corrected chi connectivity index (χ0v) is 23.3. The summed E-state index contributed by atoms with van der Waals surface area (Å²) in [4.78, 5) is 0. The van der Waals surface area contributed by atoms with E-state index in [0.717, 1.165) is 102 Å². The molecule has 0 amide bonds. The minimum absolute atomic E-state index is 0.201. The molecule has 0 spiro atoms. The lowest BCUT2D eigenvalue weighted by Crippen LogP contribution is -2.25. The summed E-state index contributed by atoms with van der Waals surface area (Å²) in [5.41, 5.74) is 6.38. The zero-order chi connectivity index (χ0) is 27.3. The topological polar surface area (TPSA) is 46.2 Å². The van der Waals surface area contributed by atoms with Crippen molar-refractivity contribution in [3.63, 3.8) is 0 Å². The van der Waals surface area contributed by atoms with Crippen LogP contribution in [0, 0.1) is 11.8 Å². The Morgan fingerprint density at radius 1 is 0.775 bits per heavy atom. The van der Waals surface area contributed by atoms with Crippen LogP contribution in [0.5, 0.6) is 17.2 Å². The monoisotopic (exact) mass is 536 g/mol. The van der Waals surface area contributed by atoms with Gasteiger partial charge >= 0.3 is 0 Å². The predicted octanol–water partition coefficient (Wildman–Crippen LogP) is 7.93. The highest BCUT2D eigenvalue weighted by Gasteiger charge is 2.30. The van der Waals surface area contributed by atoms with E-state index < -0.39 is 0 Å². The van der Waals surface area contributed by atoms with Gasteiger partial charge in [-0.1, -0.05) is 30.2 Å². The van der Waals surface area contributed by atoms with Gasteiger partial charge in [0, 0.05) is 29.5 Å². The van der Waals surface area contributed by atoms with Crippen molar-refractivity contribution < 1.29 is 23.7 Å². The van der Waals surface area contributed by atoms with Crippen LogP contribution in [0.15, 0.2) is 66.7 Å². The van der Waals surface area contributed by atoms with Gasteiger partial charge in [-0.3, -0.25) is 0 Å². The number of ether oxygens (including phenoxy) is 5. The summed E-state index contributed by atoms with van der Waals surface area (Å²) in [6.07, 6.45) is 5.55. The van der Waals surface area contributed by atoms with Crippen molar-refractivity contribution in [1.29, 1.82) is 0 Å². The first-order valence-corrected chi connectivity index (χ1v) is 14.4. The smallest absolute Gasteiger partial charge is 0.199 e. The molecule has 40 heavy (non-hydrogen) atoms. The van der Waals surface area contributed by atoms with Crippen LogP contribution in [0.3, 0.4) is 0 Å². The molecule has 0 aliphatic carbocycles. The van der Waals surface area contributed by atoms with Gasteiger partial charge < -0.3 is 23.7 Å². The van der Waals surface area contributed by atoms with Gasteiger partial charge in [0.15, 0.2) is 12.6 Å². The molecule has 3 heterocycles. The third kappa shape index (κ3) is 5.89. The van der Waals surface area contributed by atoms with E-state index in [-0.39, 0.29) is 18.7 Å². The van der Waals surface area contributed by atoms with Crippen LogP contribution in [-0.2, 0) is 9.47 Å². The molecule has 3 aliphatic rings. The number of allylic oxidation sites excluding steroid dienone is 1. The van der Waals surface area contributed by atoms with Crippen molar-refractivity contribution in [1.82, 2.24) is 0 Å². The fourth-order valence-corrected chi connectivity index (χ4v) is 5.64. The fourth-order valence-electron chi connectivity index (χ4n) is 5.64. The van der Waals surface area contributed by atoms with E-state index in [2.05, 4.69) is 61.2 Å². The van der Waals surface area contributed by atoms with Gasteiger partial charge in [-0.15, -0.1) is 5.92 Å². The van der Waals surface area contributed by atoms with E-state index in [9.17, 15) is 0 Å². The highest BCUT2D eigenvalue weighted by Crippen LogP contribution is 2.48. The molecule has 3 aromatic carbocycles. The molecule has 0 saturated carbocycles. The molecule has 3 atom stereocenters. The Morgan fingerprint density at radius 3 is 2.12 bits per heavy atom. The molecule has 206 valence electrons. The predicted molar refractivity (Wildman–Crippen MR) is 156 cm³/mol. The molecule has 0 bridgehead atoms. The minimum Gasteiger partial charge on any atom is -0.480 e. The zero-order valence-electron chi connectivity index (χ0n) is 23.3. The molecule has 0 N–H and O–H groups in total. The Bertz CT molecular complexity index is 1420. The van der Waals surface area contributed by atoms with Gasteiger partial charge in [0.05, 0.1) is 13.2 Å². The average Bonchev–Trinajstić information content (AvgIpc) is 2.99. The highest BCUT2D eigenvalue weighted by atomic mass is 16.7. The summed E-state index contributed by atoms with van der Waals surface area (Å²) in [6.45, 7) is 5.51. The van der Waals surface area contributed by atoms with Gasteiger partial charge in [-0.2, -0.15) is 0 Å². The van der Waals surface area contributed by atoms with E-state index in [4.69, 9.17) is 23.7 Å². The Hall–Kier alpha value is -3.72. The normalized spacial score (nSPS) is 22.4. The van der Waals surface area contributed by atoms with Crippen LogP contribution >= 0.6 is 0 Å². The molecule has 6 rings (SSSR count). The Morgan fingerprint density at radius 2 is 1.48 bits per heavy atom. The van der Waals surface area contributed by atoms with Gasteiger partial charge in [0.1, 0.15) is 23.4 Å². The van der Waals surface area contributed by atoms with Gasteiger partial charge in [-0.05, 0) is 98.7 Å². The third-order valence-electron chi connectivity index (χ3n) is 7.70. The van der Waals surface area contributed by atoms with E-state index >= 15 is 0 Å². The lowest BCUT2D eigenvalue weighted by atomic mass is 9.86. The maximum atomic E-state index is 6.74. The van der Waals surface area contributed by atoms with E-state index in [1.807, 2.05) is 31.2 Å². The van der Waals surface area contributed by atoms with Crippen LogP contribution in [0.25, 0.3) is 11.1 Å². The van der Waals surface area contributed by atoms with Crippen LogP contribution in [-0.4, -0.2) is 25.8 Å². The van der Waals surface area contributed by atoms with Crippen molar-refractivity contribution in [2.24, 2.45) is 0 Å². The molecule has 0 radical (unpaired) electrons. The molecule has 2 fully saturated rings. The molecule has 3 unspecified atom stereocenters. The summed E-state index contributed by atoms with van der Waals surface area (Å²) >= 11 is 0. The number of rotatable bonds is 6. The molecule has 3 aliphatic heterocycles. The quantitative estimate of drug-likeness (QED) is 0.299. The lowest BCUT2D eigenvalue weighted by Gasteiger charge is -2.32. The van der Waals surface area contributed by atoms with Gasteiger partial charge in [0.2, 0.25) is 0 Å². The largest absolute Gasteiger partial charge is 0.480 e. The summed E-state index contributed by atoms with van der Waals surface area (Å²) in [6, 6.07) is 22.7. The lowest BCUT2D eigenvalue weighted by molar-refractivity contribution is -0.106. The molecule has 0 aromatic heterocycles. The van der Waals surface area contributed by atoms with Crippen molar-refractivity contribution in [2.75, 3.05) is 13.2 Å². The van der Waals surface area contributed by atoms with Crippen LogP contribution in [0.4, 0.5) is 0 Å². The molecular formula is C35H36O5. The number of fused-ring (bicyclic) bond motifs is 1. The second-order valence-corrected chi connectivity index (χ2v) is 10.5. The number of benzene rings is 3. The first kappa shape index (κ1) is 26.5. The van der Waals surface area contributed by atoms with Crippen molar-refractivity contribution in [2.45, 2.75) is 71.1 Å². The standard InChI is InChI=1S/C35H36O5/c1-3-9-25-14-16-26(17-15-25)35-34(27-10-8-11-28(22-27)38-32-12-4-6-20-36-32)24(2)30-23-29(18-19-31(30)40-35)39-33-13-5-7-21-37-33/h8,10-11,14-19,22-23,32-33,35H,4-7,12-13,20-21H2,1-2H3. The Kier molecular flexibility index (Phi) is 8.09. The van der Waals surface area contributed by atoms with Gasteiger partial charge in [0.25, 0.3) is 0 Å². The number of hydrogen-bond donors (Lipinski definition) is 0. The first-order chi connectivity index (χ1) is 19.7. The SMILES string of the molecule is CC#Cc1ccc(C2Oc3ccc(OC4CCCCO4)cc3C(C)=C2c2cccc(OC3CCCCO3)c2)cc1. The molecule has 5 heteroatoms. The molecule has 2 saturated heterocycles. The first-order valence-electron chi connectivity index (χ1n) is 14.4. The van der Waals surface area contributed by atoms with Crippen molar-refractivity contribution in [3.05, 3.63) is 89.0 Å². The second kappa shape index (κ2) is 12.2. The van der Waals surface area contributed by atoms with E-state index in [1.54, 1.807) is 0 Å². The van der Waals surface area contributed by atoms with E-state index in [0.29, 0.717) is 0 Å². The van der Waals surface area contributed by atoms with Crippen LogP contribution in [0.1, 0.15) is 80.7 Å². The average molecular weight is 537 g/mol. The van der Waals surface area contributed by atoms with Crippen LogP contribution < -0.4 is 14.2 Å². The van der Waals surface area contributed by atoms with Crippen LogP contribution in [0.2, 0.25) is 0 Å². The summed E-state index contributed by atoms with van der Waals surface area (Å²) in [5.74, 6) is 8.54. The summed E-state index contributed by atoms with van der Waals surface area (Å²) < 4.78 is 30.9. The third-order valence-corrected chi connectivity index (χ3v) is 7.70. The van der Waals surface area contributed by atoms with E-state index in [1.165, 1.54) is 0 Å². The Balaban J connectivity index is 1.38. The molecular weight excluding hydrogens is 500 g/mol.